The van der Waals surface area contributed by atoms with E-state index in [-0.39, 0.29) is 5.91 Å². The van der Waals surface area contributed by atoms with Crippen molar-refractivity contribution in [3.63, 3.8) is 0 Å². The van der Waals surface area contributed by atoms with Crippen LogP contribution in [-0.2, 0) is 0 Å². The lowest BCUT2D eigenvalue weighted by molar-refractivity contribution is 0.102. The van der Waals surface area contributed by atoms with Crippen molar-refractivity contribution < 1.29 is 4.79 Å². The van der Waals surface area contributed by atoms with E-state index in [0.717, 1.165) is 30.2 Å². The van der Waals surface area contributed by atoms with Crippen LogP contribution in [0.2, 0.25) is 0 Å². The predicted octanol–water partition coefficient (Wildman–Crippen LogP) is 2.68. The van der Waals surface area contributed by atoms with Crippen LogP contribution in [-0.4, -0.2) is 38.6 Å². The summed E-state index contributed by atoms with van der Waals surface area (Å²) in [6, 6.07) is 3.72. The highest BCUT2D eigenvalue weighted by Gasteiger charge is 2.16. The zero-order valence-corrected chi connectivity index (χ0v) is 14.1. The molecule has 3 aromatic heterocycles. The van der Waals surface area contributed by atoms with E-state index in [9.17, 15) is 4.79 Å². The average Bonchev–Trinajstić information content (AvgIpc) is 3.06. The van der Waals surface area contributed by atoms with Gasteiger partial charge in [0.2, 0.25) is 0 Å². The van der Waals surface area contributed by atoms with Crippen LogP contribution in [0.3, 0.4) is 0 Å². The van der Waals surface area contributed by atoms with Crippen LogP contribution >= 0.6 is 0 Å². The molecular formula is C18H20N6O. The Morgan fingerprint density at radius 3 is 2.84 bits per heavy atom. The van der Waals surface area contributed by atoms with Gasteiger partial charge in [-0.05, 0) is 37.8 Å². The minimum absolute atomic E-state index is 0.220. The number of carbonyl (C=O) groups excluding carboxylic acids is 1. The molecule has 0 saturated carbocycles. The molecular weight excluding hydrogens is 316 g/mol. The van der Waals surface area contributed by atoms with Gasteiger partial charge >= 0.3 is 0 Å². The number of anilines is 2. The molecule has 1 fully saturated rings. The summed E-state index contributed by atoms with van der Waals surface area (Å²) >= 11 is 0. The second kappa shape index (κ2) is 6.51. The lowest BCUT2D eigenvalue weighted by Crippen LogP contribution is -2.30. The summed E-state index contributed by atoms with van der Waals surface area (Å²) in [7, 11) is 0. The quantitative estimate of drug-likeness (QED) is 0.796. The molecule has 25 heavy (non-hydrogen) atoms. The molecule has 128 valence electrons. The van der Waals surface area contributed by atoms with Gasteiger partial charge in [-0.1, -0.05) is 0 Å². The van der Waals surface area contributed by atoms with Crippen molar-refractivity contribution in [2.24, 2.45) is 0 Å². The minimum Gasteiger partial charge on any atom is -0.357 e. The number of fused-ring (bicyclic) bond motifs is 1. The number of nitrogens with one attached hydrogen (secondary N) is 1. The topological polar surface area (TPSA) is 75.4 Å². The monoisotopic (exact) mass is 336 g/mol. The zero-order valence-electron chi connectivity index (χ0n) is 14.1. The maximum atomic E-state index is 12.6. The molecule has 0 aromatic carbocycles. The number of hydrogen-bond donors (Lipinski definition) is 1. The van der Waals surface area contributed by atoms with E-state index in [1.165, 1.54) is 19.3 Å². The second-order valence-electron chi connectivity index (χ2n) is 6.36. The highest BCUT2D eigenvalue weighted by atomic mass is 16.1. The van der Waals surface area contributed by atoms with Crippen molar-refractivity contribution in [2.75, 3.05) is 23.3 Å². The Labute approximate surface area is 145 Å². The number of pyridine rings is 1. The standard InChI is InChI=1S/C18H20N6O/c1-13-10-20-17-15(11-21-24(17)12-13)18(25)22-14-5-6-19-16(9-14)23-7-3-2-4-8-23/h5-6,9-12H,2-4,7-8H2,1H3,(H,19,22,25). The van der Waals surface area contributed by atoms with Crippen LogP contribution in [0.25, 0.3) is 5.65 Å². The largest absolute Gasteiger partial charge is 0.357 e. The molecule has 0 unspecified atom stereocenters. The molecule has 0 spiro atoms. The Morgan fingerprint density at radius 1 is 1.16 bits per heavy atom. The van der Waals surface area contributed by atoms with Gasteiger partial charge in [0.15, 0.2) is 5.65 Å². The fourth-order valence-corrected chi connectivity index (χ4v) is 3.12. The van der Waals surface area contributed by atoms with Gasteiger partial charge in [-0.25, -0.2) is 14.5 Å². The zero-order chi connectivity index (χ0) is 17.2. The van der Waals surface area contributed by atoms with Crippen LogP contribution in [0, 0.1) is 6.92 Å². The molecule has 1 aliphatic heterocycles. The lowest BCUT2D eigenvalue weighted by atomic mass is 10.1. The van der Waals surface area contributed by atoms with Gasteiger partial charge in [0, 0.05) is 43.4 Å². The summed E-state index contributed by atoms with van der Waals surface area (Å²) < 4.78 is 1.62. The first-order valence-corrected chi connectivity index (χ1v) is 8.53. The van der Waals surface area contributed by atoms with Gasteiger partial charge in [0.1, 0.15) is 11.4 Å². The highest BCUT2D eigenvalue weighted by molar-refractivity contribution is 6.08. The molecule has 7 nitrogen and oxygen atoms in total. The molecule has 1 saturated heterocycles. The SMILES string of the molecule is Cc1cnc2c(C(=O)Nc3ccnc(N4CCCCC4)c3)cnn2c1. The molecule has 4 rings (SSSR count). The average molecular weight is 336 g/mol. The van der Waals surface area contributed by atoms with Gasteiger partial charge in [-0.2, -0.15) is 5.10 Å². The number of aryl methyl sites for hydroxylation is 1. The fraction of sp³-hybridized carbons (Fsp3) is 0.333. The van der Waals surface area contributed by atoms with Gasteiger partial charge in [0.25, 0.3) is 5.91 Å². The molecule has 7 heteroatoms. The van der Waals surface area contributed by atoms with E-state index in [2.05, 4.69) is 25.3 Å². The molecule has 0 aliphatic carbocycles. The van der Waals surface area contributed by atoms with Gasteiger partial charge < -0.3 is 10.2 Å². The van der Waals surface area contributed by atoms with E-state index >= 15 is 0 Å². The van der Waals surface area contributed by atoms with Crippen molar-refractivity contribution in [3.8, 4) is 0 Å². The van der Waals surface area contributed by atoms with Crippen molar-refractivity contribution >= 4 is 23.1 Å². The number of amides is 1. The molecule has 1 amide bonds. The molecule has 4 heterocycles. The first-order chi connectivity index (χ1) is 12.2. The third kappa shape index (κ3) is 3.17. The lowest BCUT2D eigenvalue weighted by Gasteiger charge is -2.27. The van der Waals surface area contributed by atoms with Gasteiger partial charge in [-0.15, -0.1) is 0 Å². The second-order valence-corrected chi connectivity index (χ2v) is 6.36. The number of hydrogen-bond acceptors (Lipinski definition) is 5. The van der Waals surface area contributed by atoms with E-state index in [4.69, 9.17) is 0 Å². The normalized spacial score (nSPS) is 14.7. The number of rotatable bonds is 3. The predicted molar refractivity (Wildman–Crippen MR) is 96.0 cm³/mol. The van der Waals surface area contributed by atoms with E-state index < -0.39 is 0 Å². The summed E-state index contributed by atoms with van der Waals surface area (Å²) in [4.78, 5) is 23.6. The number of nitrogens with zero attached hydrogens (tertiary/aromatic N) is 5. The van der Waals surface area contributed by atoms with E-state index in [0.29, 0.717) is 11.2 Å². The third-order valence-corrected chi connectivity index (χ3v) is 4.41. The Bertz CT molecular complexity index is 913. The fourth-order valence-electron chi connectivity index (χ4n) is 3.12. The van der Waals surface area contributed by atoms with Crippen molar-refractivity contribution in [1.82, 2.24) is 19.6 Å². The molecule has 1 aliphatic rings. The van der Waals surface area contributed by atoms with E-state index in [1.54, 1.807) is 29.2 Å². The van der Waals surface area contributed by atoms with Crippen LogP contribution in [0.15, 0.2) is 36.9 Å². The third-order valence-electron chi connectivity index (χ3n) is 4.41. The Morgan fingerprint density at radius 2 is 2.00 bits per heavy atom. The first-order valence-electron chi connectivity index (χ1n) is 8.53. The molecule has 3 aromatic rings. The van der Waals surface area contributed by atoms with Gasteiger partial charge in [-0.3, -0.25) is 4.79 Å². The van der Waals surface area contributed by atoms with Crippen LogP contribution in [0.4, 0.5) is 11.5 Å². The molecule has 0 atom stereocenters. The summed E-state index contributed by atoms with van der Waals surface area (Å²) in [6.07, 6.45) is 10.5. The minimum atomic E-state index is -0.220. The summed E-state index contributed by atoms with van der Waals surface area (Å²) in [5.74, 6) is 0.688. The Kier molecular flexibility index (Phi) is 4.05. The van der Waals surface area contributed by atoms with Crippen molar-refractivity contribution in [1.29, 1.82) is 0 Å². The van der Waals surface area contributed by atoms with Crippen molar-refractivity contribution in [2.45, 2.75) is 26.2 Å². The Balaban J connectivity index is 1.55. The number of aromatic nitrogens is 4. The molecule has 0 bridgehead atoms. The molecule has 1 N–H and O–H groups in total. The van der Waals surface area contributed by atoms with Crippen LogP contribution in [0.5, 0.6) is 0 Å². The van der Waals surface area contributed by atoms with Crippen LogP contribution < -0.4 is 10.2 Å². The maximum absolute atomic E-state index is 12.6. The summed E-state index contributed by atoms with van der Waals surface area (Å²) in [5, 5.41) is 7.14. The smallest absolute Gasteiger partial charge is 0.261 e. The van der Waals surface area contributed by atoms with Crippen molar-refractivity contribution in [3.05, 3.63) is 48.0 Å². The first kappa shape index (κ1) is 15.6. The molecule has 0 radical (unpaired) electrons. The number of carbonyl (C=O) groups is 1. The maximum Gasteiger partial charge on any atom is 0.261 e. The van der Waals surface area contributed by atoms with Crippen LogP contribution in [0.1, 0.15) is 35.2 Å². The highest BCUT2D eigenvalue weighted by Crippen LogP contribution is 2.21. The Hall–Kier alpha value is -2.96. The summed E-state index contributed by atoms with van der Waals surface area (Å²) in [6.45, 7) is 3.97. The van der Waals surface area contributed by atoms with Gasteiger partial charge in [0.05, 0.1) is 6.20 Å². The number of piperidine rings is 1. The van der Waals surface area contributed by atoms with E-state index in [1.807, 2.05) is 19.2 Å². The summed E-state index contributed by atoms with van der Waals surface area (Å²) in [5.41, 5.74) is 2.72.